The summed E-state index contributed by atoms with van der Waals surface area (Å²) < 4.78 is 19.0. The molecule has 2 aromatic carbocycles. The predicted octanol–water partition coefficient (Wildman–Crippen LogP) is 1.70. The minimum absolute atomic E-state index is 0.115. The lowest BCUT2D eigenvalue weighted by Gasteiger charge is -2.11. The van der Waals surface area contributed by atoms with Crippen molar-refractivity contribution in [1.82, 2.24) is 0 Å². The SMILES string of the molecule is Cc1ccc(C)c(OCc2cc(F)cc(B(O)O)c2)c1. The van der Waals surface area contributed by atoms with E-state index >= 15 is 0 Å². The van der Waals surface area contributed by atoms with Crippen LogP contribution >= 0.6 is 0 Å². The molecule has 20 heavy (non-hydrogen) atoms. The molecule has 0 fully saturated rings. The molecule has 2 rings (SSSR count). The van der Waals surface area contributed by atoms with E-state index in [1.165, 1.54) is 12.1 Å². The van der Waals surface area contributed by atoms with E-state index in [1.54, 1.807) is 0 Å². The van der Waals surface area contributed by atoms with Crippen LogP contribution in [-0.2, 0) is 6.61 Å². The van der Waals surface area contributed by atoms with Gasteiger partial charge in [0.15, 0.2) is 0 Å². The van der Waals surface area contributed by atoms with Crippen LogP contribution in [0.5, 0.6) is 5.75 Å². The molecule has 0 saturated heterocycles. The van der Waals surface area contributed by atoms with Gasteiger partial charge in [0.25, 0.3) is 0 Å². The number of benzene rings is 2. The second-order valence-corrected chi connectivity index (χ2v) is 4.82. The monoisotopic (exact) mass is 274 g/mol. The third-order valence-corrected chi connectivity index (χ3v) is 3.02. The summed E-state index contributed by atoms with van der Waals surface area (Å²) in [6.45, 7) is 4.07. The van der Waals surface area contributed by atoms with Gasteiger partial charge in [-0.15, -0.1) is 0 Å². The average molecular weight is 274 g/mol. The van der Waals surface area contributed by atoms with Gasteiger partial charge in [-0.3, -0.25) is 0 Å². The average Bonchev–Trinajstić information content (AvgIpc) is 2.39. The van der Waals surface area contributed by atoms with Crippen LogP contribution in [0.25, 0.3) is 0 Å². The van der Waals surface area contributed by atoms with Gasteiger partial charge in [0.2, 0.25) is 0 Å². The molecule has 0 aliphatic rings. The van der Waals surface area contributed by atoms with E-state index in [2.05, 4.69) is 0 Å². The van der Waals surface area contributed by atoms with E-state index in [-0.39, 0.29) is 12.1 Å². The molecule has 0 amide bonds. The Balaban J connectivity index is 2.16. The van der Waals surface area contributed by atoms with Gasteiger partial charge in [-0.1, -0.05) is 18.2 Å². The zero-order valence-corrected chi connectivity index (χ0v) is 11.4. The van der Waals surface area contributed by atoms with Crippen molar-refractivity contribution in [2.24, 2.45) is 0 Å². The Bertz CT molecular complexity index is 614. The summed E-state index contributed by atoms with van der Waals surface area (Å²) in [5.41, 5.74) is 2.74. The van der Waals surface area contributed by atoms with Crippen molar-refractivity contribution in [3.05, 3.63) is 58.9 Å². The van der Waals surface area contributed by atoms with E-state index in [1.807, 2.05) is 32.0 Å². The smallest absolute Gasteiger partial charge is 0.488 e. The standard InChI is InChI=1S/C15H16BFO3/c1-10-3-4-11(2)15(5-10)20-9-12-6-13(16(18)19)8-14(17)7-12/h3-8,18-19H,9H2,1-2H3. The molecular weight excluding hydrogens is 258 g/mol. The van der Waals surface area contributed by atoms with E-state index < -0.39 is 12.9 Å². The van der Waals surface area contributed by atoms with Crippen molar-refractivity contribution in [2.75, 3.05) is 0 Å². The van der Waals surface area contributed by atoms with Crippen molar-refractivity contribution in [3.8, 4) is 5.75 Å². The fraction of sp³-hybridized carbons (Fsp3) is 0.200. The Morgan fingerprint density at radius 3 is 2.55 bits per heavy atom. The summed E-state index contributed by atoms with van der Waals surface area (Å²) in [6, 6.07) is 9.78. The van der Waals surface area contributed by atoms with Crippen LogP contribution in [0.3, 0.4) is 0 Å². The van der Waals surface area contributed by atoms with Crippen LogP contribution < -0.4 is 10.2 Å². The first-order valence-electron chi connectivity index (χ1n) is 6.31. The largest absolute Gasteiger partial charge is 0.489 e. The molecule has 0 aromatic heterocycles. The molecule has 2 aromatic rings. The van der Waals surface area contributed by atoms with E-state index in [0.29, 0.717) is 5.56 Å². The number of hydrogen-bond donors (Lipinski definition) is 2. The van der Waals surface area contributed by atoms with Gasteiger partial charge in [0.1, 0.15) is 18.2 Å². The number of aryl methyl sites for hydroxylation is 2. The van der Waals surface area contributed by atoms with Gasteiger partial charge in [-0.05, 0) is 54.2 Å². The third kappa shape index (κ3) is 3.59. The fourth-order valence-corrected chi connectivity index (χ4v) is 1.93. The van der Waals surface area contributed by atoms with Crippen molar-refractivity contribution in [3.63, 3.8) is 0 Å². The normalized spacial score (nSPS) is 10.4. The molecule has 0 bridgehead atoms. The first kappa shape index (κ1) is 14.6. The lowest BCUT2D eigenvalue weighted by Crippen LogP contribution is -2.30. The molecule has 0 radical (unpaired) electrons. The lowest BCUT2D eigenvalue weighted by atomic mass is 9.79. The highest BCUT2D eigenvalue weighted by molar-refractivity contribution is 6.58. The molecule has 0 spiro atoms. The Hall–Kier alpha value is -1.85. The van der Waals surface area contributed by atoms with Crippen LogP contribution in [0.2, 0.25) is 0 Å². The summed E-state index contributed by atoms with van der Waals surface area (Å²) in [5, 5.41) is 18.2. The minimum Gasteiger partial charge on any atom is -0.489 e. The molecule has 3 nitrogen and oxygen atoms in total. The highest BCUT2D eigenvalue weighted by atomic mass is 19.1. The van der Waals surface area contributed by atoms with Crippen LogP contribution in [0.15, 0.2) is 36.4 Å². The maximum atomic E-state index is 13.4. The summed E-state index contributed by atoms with van der Waals surface area (Å²) in [5.74, 6) is 0.218. The highest BCUT2D eigenvalue weighted by Crippen LogP contribution is 2.20. The molecule has 0 atom stereocenters. The quantitative estimate of drug-likeness (QED) is 0.834. The van der Waals surface area contributed by atoms with Crippen LogP contribution in [0.1, 0.15) is 16.7 Å². The lowest BCUT2D eigenvalue weighted by molar-refractivity contribution is 0.303. The van der Waals surface area contributed by atoms with Gasteiger partial charge in [0, 0.05) is 0 Å². The summed E-state index contributed by atoms with van der Waals surface area (Å²) in [7, 11) is -1.69. The Labute approximate surface area is 117 Å². The second kappa shape index (κ2) is 6.07. The Morgan fingerprint density at radius 1 is 1.10 bits per heavy atom. The highest BCUT2D eigenvalue weighted by Gasteiger charge is 2.13. The molecule has 0 aliphatic carbocycles. The fourth-order valence-electron chi connectivity index (χ4n) is 1.93. The molecule has 2 N–H and O–H groups in total. The first-order valence-corrected chi connectivity index (χ1v) is 6.31. The number of ether oxygens (including phenoxy) is 1. The van der Waals surface area contributed by atoms with Crippen molar-refractivity contribution in [2.45, 2.75) is 20.5 Å². The minimum atomic E-state index is -1.69. The van der Waals surface area contributed by atoms with Gasteiger partial charge in [-0.2, -0.15) is 0 Å². The number of rotatable bonds is 4. The Kier molecular flexibility index (Phi) is 4.42. The molecule has 0 aliphatic heterocycles. The van der Waals surface area contributed by atoms with Crippen molar-refractivity contribution in [1.29, 1.82) is 0 Å². The molecule has 104 valence electrons. The zero-order valence-electron chi connectivity index (χ0n) is 11.4. The number of halogens is 1. The first-order chi connectivity index (χ1) is 9.45. The van der Waals surface area contributed by atoms with Crippen LogP contribution in [0.4, 0.5) is 4.39 Å². The topological polar surface area (TPSA) is 49.7 Å². The van der Waals surface area contributed by atoms with Gasteiger partial charge >= 0.3 is 7.12 Å². The van der Waals surface area contributed by atoms with E-state index in [0.717, 1.165) is 22.9 Å². The van der Waals surface area contributed by atoms with Gasteiger partial charge < -0.3 is 14.8 Å². The van der Waals surface area contributed by atoms with Crippen molar-refractivity contribution >= 4 is 12.6 Å². The van der Waals surface area contributed by atoms with Crippen molar-refractivity contribution < 1.29 is 19.2 Å². The molecule has 0 unspecified atom stereocenters. The third-order valence-electron chi connectivity index (χ3n) is 3.02. The second-order valence-electron chi connectivity index (χ2n) is 4.82. The molecule has 0 saturated carbocycles. The molecule has 5 heteroatoms. The van der Waals surface area contributed by atoms with Gasteiger partial charge in [-0.25, -0.2) is 4.39 Å². The predicted molar refractivity (Wildman–Crippen MR) is 76.5 cm³/mol. The van der Waals surface area contributed by atoms with Gasteiger partial charge in [0.05, 0.1) is 0 Å². The van der Waals surface area contributed by atoms with E-state index in [4.69, 9.17) is 14.8 Å². The zero-order chi connectivity index (χ0) is 14.7. The maximum absolute atomic E-state index is 13.4. The Morgan fingerprint density at radius 2 is 1.85 bits per heavy atom. The summed E-state index contributed by atoms with van der Waals surface area (Å²) in [6.07, 6.45) is 0. The summed E-state index contributed by atoms with van der Waals surface area (Å²) >= 11 is 0. The van der Waals surface area contributed by atoms with E-state index in [9.17, 15) is 4.39 Å². The molecular formula is C15H16BFO3. The van der Waals surface area contributed by atoms with Crippen LogP contribution in [-0.4, -0.2) is 17.2 Å². The summed E-state index contributed by atoms with van der Waals surface area (Å²) in [4.78, 5) is 0. The van der Waals surface area contributed by atoms with Crippen LogP contribution in [0, 0.1) is 19.7 Å². The number of hydrogen-bond acceptors (Lipinski definition) is 3. The molecule has 0 heterocycles. The maximum Gasteiger partial charge on any atom is 0.488 e.